The van der Waals surface area contributed by atoms with E-state index in [1.165, 1.54) is 16.9 Å². The van der Waals surface area contributed by atoms with Crippen molar-refractivity contribution in [3.8, 4) is 6.07 Å². The molecule has 2 aromatic heterocycles. The molecule has 1 saturated heterocycles. The second-order valence-corrected chi connectivity index (χ2v) is 8.61. The lowest BCUT2D eigenvalue weighted by Crippen LogP contribution is -2.45. The number of nitrogens with zero attached hydrogens (tertiary/aromatic N) is 4. The predicted octanol–water partition coefficient (Wildman–Crippen LogP) is 3.28. The Bertz CT molecular complexity index is 1080. The van der Waals surface area contributed by atoms with Gasteiger partial charge < -0.3 is 10.2 Å². The first-order valence-corrected chi connectivity index (χ1v) is 9.90. The number of hydrogen-bond acceptors (Lipinski definition) is 4. The van der Waals surface area contributed by atoms with Crippen LogP contribution in [0.3, 0.4) is 0 Å². The summed E-state index contributed by atoms with van der Waals surface area (Å²) in [5, 5.41) is 13.5. The summed E-state index contributed by atoms with van der Waals surface area (Å²) in [4.78, 5) is 7.38. The Morgan fingerprint density at radius 1 is 1.15 bits per heavy atom. The van der Waals surface area contributed by atoms with E-state index in [4.69, 9.17) is 4.98 Å². The summed E-state index contributed by atoms with van der Waals surface area (Å²) < 4.78 is 2.26. The number of aromatic nitrogens is 2. The number of anilines is 1. The Labute approximate surface area is 159 Å². The summed E-state index contributed by atoms with van der Waals surface area (Å²) >= 11 is 0. The minimum absolute atomic E-state index is 0.257. The van der Waals surface area contributed by atoms with E-state index in [1.807, 2.05) is 12.1 Å². The highest BCUT2D eigenvalue weighted by molar-refractivity contribution is 5.86. The number of hydrogen-bond donors (Lipinski definition) is 1. The third kappa shape index (κ3) is 2.51. The Hall–Kier alpha value is -2.58. The molecule has 0 spiro atoms. The van der Waals surface area contributed by atoms with Crippen LogP contribution < -0.4 is 10.2 Å². The molecule has 1 N–H and O–H groups in total. The molecule has 1 aliphatic carbocycles. The molecule has 5 heteroatoms. The number of imidazole rings is 1. The van der Waals surface area contributed by atoms with E-state index in [0.717, 1.165) is 67.7 Å². The largest absolute Gasteiger partial charge is 0.355 e. The van der Waals surface area contributed by atoms with Gasteiger partial charge in [-0.1, -0.05) is 26.0 Å². The van der Waals surface area contributed by atoms with Gasteiger partial charge in [-0.2, -0.15) is 5.26 Å². The summed E-state index contributed by atoms with van der Waals surface area (Å²) in [6, 6.07) is 10.8. The number of benzene rings is 1. The fourth-order valence-electron chi connectivity index (χ4n) is 4.78. The molecule has 0 amide bonds. The molecule has 0 atom stereocenters. The van der Waals surface area contributed by atoms with Gasteiger partial charge in [-0.25, -0.2) is 4.98 Å². The number of rotatable bonds is 1. The van der Waals surface area contributed by atoms with Crippen LogP contribution in [-0.4, -0.2) is 35.6 Å². The molecule has 0 bridgehead atoms. The molecule has 3 heterocycles. The van der Waals surface area contributed by atoms with E-state index in [2.05, 4.69) is 46.7 Å². The van der Waals surface area contributed by atoms with Crippen LogP contribution in [0.25, 0.3) is 16.7 Å². The number of nitrogens with one attached hydrogen (secondary N) is 1. The first-order valence-electron chi connectivity index (χ1n) is 9.90. The average molecular weight is 359 g/mol. The lowest BCUT2D eigenvalue weighted by Gasteiger charge is -2.38. The Kier molecular flexibility index (Phi) is 3.66. The predicted molar refractivity (Wildman–Crippen MR) is 108 cm³/mol. The SMILES string of the molecule is CC1(C)CCc2c(c(N3CCNCC3)n3c(nc4ccccc43)c2C#N)C1. The topological polar surface area (TPSA) is 56.4 Å². The van der Waals surface area contributed by atoms with Crippen molar-refractivity contribution in [2.75, 3.05) is 31.1 Å². The zero-order chi connectivity index (χ0) is 18.6. The normalized spacial score (nSPS) is 19.2. The molecule has 3 aromatic rings. The van der Waals surface area contributed by atoms with Crippen molar-refractivity contribution in [1.29, 1.82) is 5.26 Å². The van der Waals surface area contributed by atoms with Gasteiger partial charge in [-0.3, -0.25) is 4.40 Å². The molecule has 0 unspecified atom stereocenters. The first kappa shape index (κ1) is 16.6. The van der Waals surface area contributed by atoms with E-state index in [-0.39, 0.29) is 5.41 Å². The van der Waals surface area contributed by atoms with Crippen molar-refractivity contribution in [2.45, 2.75) is 33.1 Å². The monoisotopic (exact) mass is 359 g/mol. The van der Waals surface area contributed by atoms with Crippen LogP contribution in [0.4, 0.5) is 5.82 Å². The zero-order valence-corrected chi connectivity index (χ0v) is 16.0. The number of fused-ring (bicyclic) bond motifs is 4. The van der Waals surface area contributed by atoms with Gasteiger partial charge in [-0.15, -0.1) is 0 Å². The minimum Gasteiger partial charge on any atom is -0.355 e. The van der Waals surface area contributed by atoms with Crippen LogP contribution >= 0.6 is 0 Å². The molecule has 1 aliphatic heterocycles. The molecule has 5 rings (SSSR count). The van der Waals surface area contributed by atoms with Crippen molar-refractivity contribution in [1.82, 2.24) is 14.7 Å². The Morgan fingerprint density at radius 3 is 2.70 bits per heavy atom. The zero-order valence-electron chi connectivity index (χ0n) is 16.0. The van der Waals surface area contributed by atoms with Gasteiger partial charge in [0, 0.05) is 26.2 Å². The van der Waals surface area contributed by atoms with Crippen molar-refractivity contribution in [3.63, 3.8) is 0 Å². The summed E-state index contributed by atoms with van der Waals surface area (Å²) in [6.07, 6.45) is 3.09. The summed E-state index contributed by atoms with van der Waals surface area (Å²) in [7, 11) is 0. The maximum absolute atomic E-state index is 10.0. The van der Waals surface area contributed by atoms with Crippen molar-refractivity contribution >= 4 is 22.5 Å². The maximum Gasteiger partial charge on any atom is 0.157 e. The van der Waals surface area contributed by atoms with Gasteiger partial charge in [0.2, 0.25) is 0 Å². The highest BCUT2D eigenvalue weighted by atomic mass is 15.3. The van der Waals surface area contributed by atoms with Gasteiger partial charge in [0.15, 0.2) is 5.65 Å². The maximum atomic E-state index is 10.0. The molecular formula is C22H25N5. The smallest absolute Gasteiger partial charge is 0.157 e. The quantitative estimate of drug-likeness (QED) is 0.724. The van der Waals surface area contributed by atoms with Gasteiger partial charge in [-0.05, 0) is 47.9 Å². The van der Waals surface area contributed by atoms with Crippen LogP contribution in [0.15, 0.2) is 24.3 Å². The number of piperazine rings is 1. The van der Waals surface area contributed by atoms with Crippen LogP contribution in [0, 0.1) is 16.7 Å². The minimum atomic E-state index is 0.257. The van der Waals surface area contributed by atoms with Crippen molar-refractivity contribution < 1.29 is 0 Å². The van der Waals surface area contributed by atoms with E-state index >= 15 is 0 Å². The molecule has 1 fully saturated rings. The van der Waals surface area contributed by atoms with Crippen molar-refractivity contribution in [3.05, 3.63) is 41.0 Å². The number of para-hydroxylation sites is 2. The van der Waals surface area contributed by atoms with E-state index in [9.17, 15) is 5.26 Å². The Balaban J connectivity index is 1.92. The molecule has 27 heavy (non-hydrogen) atoms. The Morgan fingerprint density at radius 2 is 1.93 bits per heavy atom. The third-order valence-corrected chi connectivity index (χ3v) is 6.17. The standard InChI is InChI=1S/C22H25N5/c1-22(2)8-7-15-16(13-22)21(26-11-9-24-10-12-26)27-19-6-4-3-5-18(19)25-20(27)17(15)14-23/h3-6,24H,7-13H2,1-2H3. The molecular weight excluding hydrogens is 334 g/mol. The lowest BCUT2D eigenvalue weighted by atomic mass is 9.73. The average Bonchev–Trinajstić information content (AvgIpc) is 3.05. The fraction of sp³-hybridized carbons (Fsp3) is 0.455. The number of nitriles is 1. The molecule has 138 valence electrons. The van der Waals surface area contributed by atoms with Gasteiger partial charge in [0.25, 0.3) is 0 Å². The lowest BCUT2D eigenvalue weighted by molar-refractivity contribution is 0.314. The van der Waals surface area contributed by atoms with Gasteiger partial charge in [0.05, 0.1) is 16.6 Å². The summed E-state index contributed by atoms with van der Waals surface area (Å²) in [5.74, 6) is 1.27. The highest BCUT2D eigenvalue weighted by Crippen LogP contribution is 2.42. The van der Waals surface area contributed by atoms with E-state index in [1.54, 1.807) is 0 Å². The molecule has 1 aromatic carbocycles. The third-order valence-electron chi connectivity index (χ3n) is 6.17. The second kappa shape index (κ2) is 5.97. The molecule has 5 nitrogen and oxygen atoms in total. The fourth-order valence-corrected chi connectivity index (χ4v) is 4.78. The number of pyridine rings is 1. The van der Waals surface area contributed by atoms with E-state index < -0.39 is 0 Å². The van der Waals surface area contributed by atoms with Crippen LogP contribution in [0.2, 0.25) is 0 Å². The summed E-state index contributed by atoms with van der Waals surface area (Å²) in [6.45, 7) is 8.65. The van der Waals surface area contributed by atoms with Crippen LogP contribution in [0.5, 0.6) is 0 Å². The van der Waals surface area contributed by atoms with Gasteiger partial charge in [0.1, 0.15) is 11.9 Å². The second-order valence-electron chi connectivity index (χ2n) is 8.61. The summed E-state index contributed by atoms with van der Waals surface area (Å²) in [5.41, 5.74) is 6.51. The molecule has 0 saturated carbocycles. The first-order chi connectivity index (χ1) is 13.1. The molecule has 2 aliphatic rings. The molecule has 0 radical (unpaired) electrons. The van der Waals surface area contributed by atoms with Gasteiger partial charge >= 0.3 is 0 Å². The highest BCUT2D eigenvalue weighted by Gasteiger charge is 2.33. The van der Waals surface area contributed by atoms with E-state index in [0.29, 0.717) is 0 Å². The van der Waals surface area contributed by atoms with Crippen molar-refractivity contribution in [2.24, 2.45) is 5.41 Å². The van der Waals surface area contributed by atoms with Crippen LogP contribution in [0.1, 0.15) is 37.0 Å². The van der Waals surface area contributed by atoms with Crippen LogP contribution in [-0.2, 0) is 12.8 Å².